The lowest BCUT2D eigenvalue weighted by Gasteiger charge is -2.18. The minimum Gasteiger partial charge on any atom is -0.341 e. The Labute approximate surface area is 167 Å². The first-order valence-corrected chi connectivity index (χ1v) is 10.2. The first kappa shape index (κ1) is 19.7. The normalized spacial score (nSPS) is 15.5. The molecule has 3 amide bonds. The summed E-state index contributed by atoms with van der Waals surface area (Å²) in [6.07, 6.45) is 4.40. The van der Waals surface area contributed by atoms with Gasteiger partial charge in [0, 0.05) is 18.7 Å². The number of hydrogen-bond acceptors (Lipinski definition) is 5. The monoisotopic (exact) mass is 407 g/mol. The highest BCUT2D eigenvalue weighted by atomic mass is 35.5. The van der Waals surface area contributed by atoms with E-state index in [-0.39, 0.29) is 11.9 Å². The van der Waals surface area contributed by atoms with Crippen molar-refractivity contribution in [2.45, 2.75) is 49.1 Å². The largest absolute Gasteiger partial charge is 0.341 e. The number of halogens is 1. The fourth-order valence-corrected chi connectivity index (χ4v) is 4.30. The third kappa shape index (κ3) is 4.44. The van der Waals surface area contributed by atoms with E-state index in [4.69, 9.17) is 11.6 Å². The number of benzene rings is 1. The molecule has 0 saturated heterocycles. The van der Waals surface area contributed by atoms with E-state index in [1.54, 1.807) is 6.92 Å². The van der Waals surface area contributed by atoms with Crippen molar-refractivity contribution in [3.63, 3.8) is 0 Å². The van der Waals surface area contributed by atoms with Crippen molar-refractivity contribution in [3.05, 3.63) is 29.3 Å². The van der Waals surface area contributed by atoms with Crippen LogP contribution in [0.25, 0.3) is 11.4 Å². The molecule has 1 heterocycles. The first-order valence-electron chi connectivity index (χ1n) is 8.90. The Morgan fingerprint density at radius 2 is 1.96 bits per heavy atom. The minimum atomic E-state index is -0.526. The lowest BCUT2D eigenvalue weighted by Crippen LogP contribution is -2.41. The average molecular weight is 408 g/mol. The van der Waals surface area contributed by atoms with Gasteiger partial charge in [-0.3, -0.25) is 14.7 Å². The topological polar surface area (TPSA) is 88.9 Å². The molecular weight excluding hydrogens is 386 g/mol. The van der Waals surface area contributed by atoms with Crippen molar-refractivity contribution >= 4 is 35.3 Å². The number of thioether (sulfide) groups is 1. The minimum absolute atomic E-state index is 0.281. The van der Waals surface area contributed by atoms with Gasteiger partial charge in [-0.25, -0.2) is 4.79 Å². The first-order chi connectivity index (χ1) is 13.0. The van der Waals surface area contributed by atoms with Crippen molar-refractivity contribution < 1.29 is 9.59 Å². The molecule has 0 aliphatic heterocycles. The van der Waals surface area contributed by atoms with Crippen LogP contribution in [0.4, 0.5) is 4.79 Å². The van der Waals surface area contributed by atoms with Gasteiger partial charge >= 0.3 is 6.03 Å². The van der Waals surface area contributed by atoms with Crippen molar-refractivity contribution in [1.29, 1.82) is 0 Å². The van der Waals surface area contributed by atoms with Gasteiger partial charge in [0.25, 0.3) is 0 Å². The molecule has 0 bridgehead atoms. The summed E-state index contributed by atoms with van der Waals surface area (Å²) < 4.78 is 2.10. The number of rotatable bonds is 5. The number of amides is 3. The summed E-state index contributed by atoms with van der Waals surface area (Å²) in [4.78, 5) is 23.6. The summed E-state index contributed by atoms with van der Waals surface area (Å²) in [5.74, 6) is 0.341. The maximum absolute atomic E-state index is 12.2. The second kappa shape index (κ2) is 8.75. The highest BCUT2D eigenvalue weighted by Crippen LogP contribution is 2.38. The molecule has 1 aromatic heterocycles. The summed E-state index contributed by atoms with van der Waals surface area (Å²) in [7, 11) is 1.47. The van der Waals surface area contributed by atoms with Crippen LogP contribution in [0.5, 0.6) is 0 Å². The van der Waals surface area contributed by atoms with E-state index in [0.717, 1.165) is 31.2 Å². The van der Waals surface area contributed by atoms with Crippen LogP contribution in [0.1, 0.15) is 38.6 Å². The molecular formula is C18H22ClN5O2S. The molecule has 1 fully saturated rings. The molecule has 144 valence electrons. The molecule has 0 spiro atoms. The molecule has 3 rings (SSSR count). The predicted molar refractivity (Wildman–Crippen MR) is 106 cm³/mol. The smallest absolute Gasteiger partial charge is 0.321 e. The van der Waals surface area contributed by atoms with Gasteiger partial charge in [0.1, 0.15) is 0 Å². The quantitative estimate of drug-likeness (QED) is 0.738. The molecule has 9 heteroatoms. The predicted octanol–water partition coefficient (Wildman–Crippen LogP) is 3.65. The fraction of sp³-hybridized carbons (Fsp3) is 0.444. The molecule has 1 unspecified atom stereocenters. The van der Waals surface area contributed by atoms with Crippen LogP contribution < -0.4 is 10.6 Å². The third-order valence-electron chi connectivity index (χ3n) is 4.58. The summed E-state index contributed by atoms with van der Waals surface area (Å²) in [5, 5.41) is 14.2. The number of nitrogens with one attached hydrogen (secondary N) is 2. The van der Waals surface area contributed by atoms with Crippen LogP contribution in [-0.2, 0) is 4.79 Å². The van der Waals surface area contributed by atoms with Crippen molar-refractivity contribution in [2.24, 2.45) is 0 Å². The molecule has 1 aromatic carbocycles. The fourth-order valence-electron chi connectivity index (χ4n) is 3.16. The lowest BCUT2D eigenvalue weighted by atomic mass is 10.2. The van der Waals surface area contributed by atoms with Gasteiger partial charge in [-0.15, -0.1) is 10.2 Å². The van der Waals surface area contributed by atoms with E-state index in [1.165, 1.54) is 18.8 Å². The van der Waals surface area contributed by atoms with Crippen LogP contribution in [-0.4, -0.2) is 39.0 Å². The van der Waals surface area contributed by atoms with Crippen LogP contribution >= 0.6 is 23.4 Å². The van der Waals surface area contributed by atoms with Crippen molar-refractivity contribution in [2.75, 3.05) is 7.05 Å². The summed E-state index contributed by atoms with van der Waals surface area (Å²) in [5.41, 5.74) is 0.827. The Hall–Kier alpha value is -2.06. The zero-order valence-corrected chi connectivity index (χ0v) is 16.8. The van der Waals surface area contributed by atoms with Crippen LogP contribution in [0.3, 0.4) is 0 Å². The highest BCUT2D eigenvalue weighted by Gasteiger charge is 2.28. The number of urea groups is 1. The van der Waals surface area contributed by atoms with Gasteiger partial charge < -0.3 is 5.32 Å². The van der Waals surface area contributed by atoms with Crippen molar-refractivity contribution in [1.82, 2.24) is 25.4 Å². The zero-order valence-electron chi connectivity index (χ0n) is 15.2. The van der Waals surface area contributed by atoms with Crippen LogP contribution in [0.15, 0.2) is 29.4 Å². The number of nitrogens with zero attached hydrogens (tertiary/aromatic N) is 3. The molecule has 1 saturated carbocycles. The van der Waals surface area contributed by atoms with Crippen LogP contribution in [0, 0.1) is 0 Å². The Morgan fingerprint density at radius 1 is 1.26 bits per heavy atom. The molecule has 2 aromatic rings. The molecule has 1 atom stereocenters. The summed E-state index contributed by atoms with van der Waals surface area (Å²) in [6.45, 7) is 1.74. The molecule has 0 radical (unpaired) electrons. The lowest BCUT2D eigenvalue weighted by molar-refractivity contribution is -0.119. The molecule has 27 heavy (non-hydrogen) atoms. The molecule has 1 aliphatic rings. The van der Waals surface area contributed by atoms with E-state index in [2.05, 4.69) is 25.4 Å². The maximum atomic E-state index is 12.2. The van der Waals surface area contributed by atoms with Gasteiger partial charge in [-0.05, 0) is 31.9 Å². The average Bonchev–Trinajstić information content (AvgIpc) is 3.31. The molecule has 2 N–H and O–H groups in total. The van der Waals surface area contributed by atoms with E-state index < -0.39 is 11.3 Å². The number of hydrogen-bond donors (Lipinski definition) is 2. The van der Waals surface area contributed by atoms with Gasteiger partial charge in [0.2, 0.25) is 5.91 Å². The zero-order chi connectivity index (χ0) is 19.4. The third-order valence-corrected chi connectivity index (χ3v) is 5.97. The van der Waals surface area contributed by atoms with E-state index >= 15 is 0 Å². The number of carbonyl (C=O) groups is 2. The Morgan fingerprint density at radius 3 is 2.63 bits per heavy atom. The van der Waals surface area contributed by atoms with Gasteiger partial charge in [-0.2, -0.15) is 0 Å². The molecule has 1 aliphatic carbocycles. The van der Waals surface area contributed by atoms with E-state index in [1.807, 2.05) is 24.3 Å². The number of imide groups is 1. The highest BCUT2D eigenvalue weighted by molar-refractivity contribution is 8.00. The number of carbonyl (C=O) groups excluding carboxylic acids is 2. The van der Waals surface area contributed by atoms with Gasteiger partial charge in [-0.1, -0.05) is 48.3 Å². The standard InChI is InChI=1S/C18H22ClN5O2S/c1-11(16(25)21-17(26)20-2)27-18-23-22-15(13-9-5-6-10-14(13)19)24(18)12-7-3-4-8-12/h5-6,9-12H,3-4,7-8H2,1-2H3,(H2,20,21,25,26). The Balaban J connectivity index is 1.90. The maximum Gasteiger partial charge on any atom is 0.321 e. The van der Waals surface area contributed by atoms with E-state index in [9.17, 15) is 9.59 Å². The van der Waals surface area contributed by atoms with E-state index in [0.29, 0.717) is 16.0 Å². The summed E-state index contributed by atoms with van der Waals surface area (Å²) in [6, 6.07) is 7.30. The SMILES string of the molecule is CNC(=O)NC(=O)C(C)Sc1nnc(-c2ccccc2Cl)n1C1CCCC1. The Kier molecular flexibility index (Phi) is 6.38. The second-order valence-electron chi connectivity index (χ2n) is 6.42. The van der Waals surface area contributed by atoms with Crippen LogP contribution in [0.2, 0.25) is 5.02 Å². The Bertz CT molecular complexity index is 835. The molecule has 7 nitrogen and oxygen atoms in total. The van der Waals surface area contributed by atoms with Crippen molar-refractivity contribution in [3.8, 4) is 11.4 Å². The summed E-state index contributed by atoms with van der Waals surface area (Å²) >= 11 is 7.67. The second-order valence-corrected chi connectivity index (χ2v) is 8.14. The number of aromatic nitrogens is 3. The van der Waals surface area contributed by atoms with Gasteiger partial charge in [0.05, 0.1) is 10.3 Å². The van der Waals surface area contributed by atoms with Gasteiger partial charge in [0.15, 0.2) is 11.0 Å².